The van der Waals surface area contributed by atoms with Crippen molar-refractivity contribution in [1.29, 1.82) is 0 Å². The van der Waals surface area contributed by atoms with Crippen LogP contribution in [0.15, 0.2) is 0 Å². The van der Waals surface area contributed by atoms with Crippen LogP contribution >= 0.6 is 0 Å². The molecule has 7 atom stereocenters. The molecule has 10 nitrogen and oxygen atoms in total. The van der Waals surface area contributed by atoms with E-state index in [1.807, 2.05) is 0 Å². The number of amides is 1. The van der Waals surface area contributed by atoms with E-state index in [1.165, 1.54) is 161 Å². The van der Waals surface area contributed by atoms with Crippen molar-refractivity contribution in [1.82, 2.24) is 5.32 Å². The number of carboxylic acids is 1. The number of hydrogen-bond acceptors (Lipinski definition) is 8. The van der Waals surface area contributed by atoms with Gasteiger partial charge in [-0.1, -0.05) is 206 Å². The molecule has 1 heterocycles. The summed E-state index contributed by atoms with van der Waals surface area (Å²) in [5.74, 6) is -1.69. The van der Waals surface area contributed by atoms with Crippen molar-refractivity contribution in [3.05, 3.63) is 0 Å². The third kappa shape index (κ3) is 27.1. The number of carbonyl (C=O) groups excluding carboxylic acids is 1. The molecule has 1 fully saturated rings. The molecule has 0 unspecified atom stereocenters. The van der Waals surface area contributed by atoms with Gasteiger partial charge in [-0.2, -0.15) is 0 Å². The fourth-order valence-corrected chi connectivity index (χ4v) is 7.68. The van der Waals surface area contributed by atoms with Crippen molar-refractivity contribution < 1.29 is 44.6 Å². The molecule has 0 bridgehead atoms. The fraction of sp³-hybridized carbons (Fsp3) is 0.956. The monoisotopic (exact) mass is 786 g/mol. The van der Waals surface area contributed by atoms with E-state index in [1.54, 1.807) is 0 Å². The Morgan fingerprint density at radius 1 is 0.545 bits per heavy atom. The third-order valence-corrected chi connectivity index (χ3v) is 11.4. The zero-order valence-electron chi connectivity index (χ0n) is 35.5. The van der Waals surface area contributed by atoms with Gasteiger partial charge in [0.05, 0.1) is 18.8 Å². The maximum Gasteiger partial charge on any atom is 0.335 e. The van der Waals surface area contributed by atoms with E-state index in [0.29, 0.717) is 12.8 Å². The number of ether oxygens (including phenoxy) is 2. The summed E-state index contributed by atoms with van der Waals surface area (Å²) in [5.41, 5.74) is 0. The van der Waals surface area contributed by atoms with E-state index in [-0.39, 0.29) is 12.5 Å². The van der Waals surface area contributed by atoms with Crippen molar-refractivity contribution >= 4 is 11.9 Å². The molecule has 326 valence electrons. The van der Waals surface area contributed by atoms with Gasteiger partial charge in [-0.25, -0.2) is 4.79 Å². The van der Waals surface area contributed by atoms with Gasteiger partial charge in [-0.3, -0.25) is 4.79 Å². The Bertz CT molecular complexity index is 892. The van der Waals surface area contributed by atoms with Crippen LogP contribution in [0.5, 0.6) is 0 Å². The molecule has 10 heteroatoms. The minimum atomic E-state index is -1.82. The van der Waals surface area contributed by atoms with Crippen molar-refractivity contribution in [2.45, 2.75) is 269 Å². The molecule has 1 rings (SSSR count). The largest absolute Gasteiger partial charge is 0.479 e. The van der Waals surface area contributed by atoms with Gasteiger partial charge in [-0.05, 0) is 12.8 Å². The highest BCUT2D eigenvalue weighted by Crippen LogP contribution is 2.23. The fourth-order valence-electron chi connectivity index (χ4n) is 7.68. The maximum absolute atomic E-state index is 13.0. The molecule has 0 aliphatic carbocycles. The Morgan fingerprint density at radius 3 is 1.29 bits per heavy atom. The molecule has 0 spiro atoms. The summed E-state index contributed by atoms with van der Waals surface area (Å²) in [6.07, 6.45) is 30.0. The average molecular weight is 786 g/mol. The Labute approximate surface area is 336 Å². The zero-order valence-corrected chi connectivity index (χ0v) is 35.5. The molecule has 1 saturated heterocycles. The van der Waals surface area contributed by atoms with Gasteiger partial charge in [0.15, 0.2) is 12.4 Å². The maximum atomic E-state index is 13.0. The van der Waals surface area contributed by atoms with Crippen molar-refractivity contribution in [3.8, 4) is 0 Å². The standard InChI is InChI=1S/C45H87NO9/c1-3-5-7-9-11-13-15-17-19-21-23-25-27-29-31-33-35-39(48)46-37(36-54-45-42(51)40(49)41(50)43(55-45)44(52)53)38(47)34-32-30-28-26-24-22-20-18-16-14-12-10-8-6-4-2/h37-38,40-43,45,47,49-51H,3-36H2,1-2H3,(H,46,48)(H,52,53)/t37-,38+,40-,41-,42+,43-,45-/m0/s1. The van der Waals surface area contributed by atoms with Gasteiger partial charge in [0, 0.05) is 6.42 Å². The normalized spacial score (nSPS) is 21.1. The van der Waals surface area contributed by atoms with Crippen molar-refractivity contribution in [2.24, 2.45) is 0 Å². The van der Waals surface area contributed by atoms with Gasteiger partial charge in [-0.15, -0.1) is 0 Å². The number of rotatable bonds is 39. The lowest BCUT2D eigenvalue weighted by molar-refractivity contribution is -0.295. The highest BCUT2D eigenvalue weighted by atomic mass is 16.7. The van der Waals surface area contributed by atoms with Crippen LogP contribution in [0.2, 0.25) is 0 Å². The first-order valence-corrected chi connectivity index (χ1v) is 23.2. The summed E-state index contributed by atoms with van der Waals surface area (Å²) in [5, 5.41) is 54.0. The Morgan fingerprint density at radius 2 is 0.909 bits per heavy atom. The summed E-state index contributed by atoms with van der Waals surface area (Å²) < 4.78 is 10.9. The number of hydrogen-bond donors (Lipinski definition) is 6. The molecule has 55 heavy (non-hydrogen) atoms. The SMILES string of the molecule is CCCCCCCCCCCCCCCCCCC(=O)N[C@@H](CO[C@H]1O[C@H](C(=O)O)[C@@H](O)[C@H](O)[C@H]1O)[C@H](O)CCCCCCCCCCCCCCCCC. The number of nitrogens with one attached hydrogen (secondary N) is 1. The van der Waals surface area contributed by atoms with Crippen LogP contribution in [0.25, 0.3) is 0 Å². The van der Waals surface area contributed by atoms with Gasteiger partial charge in [0.2, 0.25) is 5.91 Å². The van der Waals surface area contributed by atoms with Crippen molar-refractivity contribution in [3.63, 3.8) is 0 Å². The second-order valence-electron chi connectivity index (χ2n) is 16.6. The molecule has 6 N–H and O–H groups in total. The molecule has 0 saturated carbocycles. The molecule has 1 aliphatic rings. The minimum absolute atomic E-state index is 0.196. The molecule has 0 radical (unpaired) electrons. The van der Waals surface area contributed by atoms with Crippen LogP contribution in [-0.2, 0) is 19.1 Å². The number of aliphatic carboxylic acids is 1. The van der Waals surface area contributed by atoms with E-state index in [4.69, 9.17) is 9.47 Å². The Kier molecular flexibility index (Phi) is 33.7. The topological polar surface area (TPSA) is 166 Å². The van der Waals surface area contributed by atoms with Crippen LogP contribution in [0.1, 0.15) is 226 Å². The summed E-state index contributed by atoms with van der Waals surface area (Å²) in [7, 11) is 0. The molecule has 0 aromatic heterocycles. The summed E-state index contributed by atoms with van der Waals surface area (Å²) in [4.78, 5) is 24.5. The molecular formula is C45H87NO9. The first kappa shape index (κ1) is 51.7. The first-order chi connectivity index (χ1) is 26.7. The molecular weight excluding hydrogens is 698 g/mol. The first-order valence-electron chi connectivity index (χ1n) is 23.2. The molecule has 0 aromatic carbocycles. The van der Waals surface area contributed by atoms with E-state index in [0.717, 1.165) is 38.5 Å². The lowest BCUT2D eigenvalue weighted by Crippen LogP contribution is -2.61. The summed E-state index contributed by atoms with van der Waals surface area (Å²) >= 11 is 0. The van der Waals surface area contributed by atoms with E-state index in [9.17, 15) is 35.1 Å². The van der Waals surface area contributed by atoms with Crippen molar-refractivity contribution in [2.75, 3.05) is 6.61 Å². The lowest BCUT2D eigenvalue weighted by atomic mass is 9.99. The summed E-state index contributed by atoms with van der Waals surface area (Å²) in [6, 6.07) is -0.803. The Hall–Kier alpha value is -1.30. The Balaban J connectivity index is 2.36. The van der Waals surface area contributed by atoms with E-state index in [2.05, 4.69) is 19.2 Å². The highest BCUT2D eigenvalue weighted by Gasteiger charge is 2.47. The predicted molar refractivity (Wildman–Crippen MR) is 222 cm³/mol. The van der Waals surface area contributed by atoms with E-state index < -0.39 is 48.8 Å². The second-order valence-corrected chi connectivity index (χ2v) is 16.6. The number of carboxylic acid groups (broad SMARTS) is 1. The molecule has 0 aromatic rings. The quantitative estimate of drug-likeness (QED) is 0.0333. The minimum Gasteiger partial charge on any atom is -0.479 e. The third-order valence-electron chi connectivity index (χ3n) is 11.4. The number of aliphatic hydroxyl groups excluding tert-OH is 4. The smallest absolute Gasteiger partial charge is 0.335 e. The van der Waals surface area contributed by atoms with Gasteiger partial charge >= 0.3 is 5.97 Å². The number of aliphatic hydroxyl groups is 4. The van der Waals surface area contributed by atoms with Crippen LogP contribution in [-0.4, -0.2) is 86.9 Å². The van der Waals surface area contributed by atoms with Gasteiger partial charge in [0.25, 0.3) is 0 Å². The molecule has 1 aliphatic heterocycles. The number of carbonyl (C=O) groups is 2. The van der Waals surface area contributed by atoms with Gasteiger partial charge < -0.3 is 40.3 Å². The average Bonchev–Trinajstić information content (AvgIpc) is 3.17. The lowest BCUT2D eigenvalue weighted by Gasteiger charge is -2.39. The highest BCUT2D eigenvalue weighted by molar-refractivity contribution is 5.76. The van der Waals surface area contributed by atoms with Crippen LogP contribution in [0, 0.1) is 0 Å². The van der Waals surface area contributed by atoms with Crippen LogP contribution in [0.4, 0.5) is 0 Å². The van der Waals surface area contributed by atoms with Crippen LogP contribution < -0.4 is 5.32 Å². The van der Waals surface area contributed by atoms with Gasteiger partial charge in [0.1, 0.15) is 18.3 Å². The molecule has 1 amide bonds. The van der Waals surface area contributed by atoms with E-state index >= 15 is 0 Å². The summed E-state index contributed by atoms with van der Waals surface area (Å²) in [6.45, 7) is 4.27. The second kappa shape index (κ2) is 35.8. The number of unbranched alkanes of at least 4 members (excludes halogenated alkanes) is 29. The van der Waals surface area contributed by atoms with Crippen LogP contribution in [0.3, 0.4) is 0 Å². The predicted octanol–water partition coefficient (Wildman–Crippen LogP) is 9.65. The zero-order chi connectivity index (χ0) is 40.4.